The van der Waals surface area contributed by atoms with E-state index in [0.29, 0.717) is 13.0 Å². The number of thiazole rings is 1. The fourth-order valence-electron chi connectivity index (χ4n) is 4.67. The van der Waals surface area contributed by atoms with Crippen LogP contribution in [0.25, 0.3) is 11.3 Å². The number of aromatic nitrogens is 1. The van der Waals surface area contributed by atoms with Gasteiger partial charge in [-0.05, 0) is 36.6 Å². The predicted molar refractivity (Wildman–Crippen MR) is 128 cm³/mol. The molecule has 0 saturated carbocycles. The average molecular weight is 470 g/mol. The second kappa shape index (κ2) is 8.59. The molecule has 8 heteroatoms. The van der Waals surface area contributed by atoms with E-state index in [9.17, 15) is 8.42 Å². The Morgan fingerprint density at radius 1 is 1.19 bits per heavy atom. The molecule has 3 aromatic rings. The third-order valence-corrected chi connectivity index (χ3v) is 8.29. The number of nitrogens with zero attached hydrogens (tertiary/aromatic N) is 3. The standard InChI is InChI=1S/C24H27N3O3S2/c1-17-12-20-13-19(8-9-22(20)27(17)32(2,28)29)21-16-31-24(25-21)23-15-26(10-11-30-23)14-18-6-4-3-5-7-18/h3-9,13,16-17,23H,10-12,14-15H2,1-2H3. The molecule has 32 heavy (non-hydrogen) atoms. The molecule has 0 radical (unpaired) electrons. The molecule has 0 aliphatic carbocycles. The highest BCUT2D eigenvalue weighted by Crippen LogP contribution is 2.37. The molecule has 0 spiro atoms. The molecule has 3 heterocycles. The van der Waals surface area contributed by atoms with E-state index in [1.165, 1.54) is 16.1 Å². The van der Waals surface area contributed by atoms with Crippen molar-refractivity contribution in [2.75, 3.05) is 30.3 Å². The van der Waals surface area contributed by atoms with Crippen molar-refractivity contribution in [1.82, 2.24) is 9.88 Å². The zero-order chi connectivity index (χ0) is 22.3. The number of hydrogen-bond acceptors (Lipinski definition) is 6. The first-order valence-corrected chi connectivity index (χ1v) is 13.6. The fraction of sp³-hybridized carbons (Fsp3) is 0.375. The Balaban J connectivity index is 1.33. The van der Waals surface area contributed by atoms with Crippen molar-refractivity contribution in [3.05, 3.63) is 70.0 Å². The molecule has 2 aromatic carbocycles. The molecule has 2 aliphatic rings. The van der Waals surface area contributed by atoms with Gasteiger partial charge in [-0.1, -0.05) is 36.4 Å². The number of ether oxygens (including phenoxy) is 1. The molecule has 6 nitrogen and oxygen atoms in total. The lowest BCUT2D eigenvalue weighted by molar-refractivity contribution is -0.0329. The van der Waals surface area contributed by atoms with E-state index in [0.717, 1.165) is 47.2 Å². The predicted octanol–water partition coefficient (Wildman–Crippen LogP) is 4.09. The van der Waals surface area contributed by atoms with E-state index in [4.69, 9.17) is 9.72 Å². The van der Waals surface area contributed by atoms with Gasteiger partial charge in [-0.3, -0.25) is 9.21 Å². The summed E-state index contributed by atoms with van der Waals surface area (Å²) in [5.41, 5.74) is 5.08. The van der Waals surface area contributed by atoms with Crippen LogP contribution in [0.1, 0.15) is 29.2 Å². The van der Waals surface area contributed by atoms with Crippen LogP contribution in [0, 0.1) is 0 Å². The summed E-state index contributed by atoms with van der Waals surface area (Å²) >= 11 is 1.63. The molecule has 2 atom stereocenters. The van der Waals surface area contributed by atoms with Gasteiger partial charge in [-0.15, -0.1) is 11.3 Å². The van der Waals surface area contributed by atoms with Gasteiger partial charge in [0.25, 0.3) is 0 Å². The van der Waals surface area contributed by atoms with Crippen LogP contribution in [0.15, 0.2) is 53.9 Å². The molecule has 1 saturated heterocycles. The van der Waals surface area contributed by atoms with Gasteiger partial charge in [0.1, 0.15) is 11.1 Å². The minimum atomic E-state index is -3.28. The molecular formula is C24H27N3O3S2. The van der Waals surface area contributed by atoms with Crippen LogP contribution in [0.2, 0.25) is 0 Å². The molecule has 0 N–H and O–H groups in total. The first-order chi connectivity index (χ1) is 15.4. The molecular weight excluding hydrogens is 442 g/mol. The van der Waals surface area contributed by atoms with Gasteiger partial charge in [0.2, 0.25) is 10.0 Å². The van der Waals surface area contributed by atoms with E-state index < -0.39 is 10.0 Å². The minimum Gasteiger partial charge on any atom is -0.368 e. The first-order valence-electron chi connectivity index (χ1n) is 10.8. The van der Waals surface area contributed by atoms with Gasteiger partial charge in [0.15, 0.2) is 0 Å². The molecule has 0 bridgehead atoms. The largest absolute Gasteiger partial charge is 0.368 e. The van der Waals surface area contributed by atoms with E-state index in [1.807, 2.05) is 25.1 Å². The number of rotatable bonds is 5. The van der Waals surface area contributed by atoms with Gasteiger partial charge >= 0.3 is 0 Å². The fourth-order valence-corrected chi connectivity index (χ4v) is 6.80. The van der Waals surface area contributed by atoms with Crippen molar-refractivity contribution in [1.29, 1.82) is 0 Å². The number of sulfonamides is 1. The Morgan fingerprint density at radius 2 is 2.00 bits per heavy atom. The Hall–Kier alpha value is -2.26. The van der Waals surface area contributed by atoms with Gasteiger partial charge in [-0.2, -0.15) is 0 Å². The number of morpholine rings is 1. The molecule has 2 unspecified atom stereocenters. The Bertz CT molecular complexity index is 1210. The SMILES string of the molecule is CC1Cc2cc(-c3csc(C4CN(Cc5ccccc5)CCO4)n3)ccc2N1S(C)(=O)=O. The lowest BCUT2D eigenvalue weighted by atomic mass is 10.1. The van der Waals surface area contributed by atoms with Crippen LogP contribution < -0.4 is 4.31 Å². The summed E-state index contributed by atoms with van der Waals surface area (Å²) in [6.07, 6.45) is 1.96. The number of anilines is 1. The summed E-state index contributed by atoms with van der Waals surface area (Å²) in [4.78, 5) is 7.31. The van der Waals surface area contributed by atoms with Crippen LogP contribution in [0.5, 0.6) is 0 Å². The molecule has 0 amide bonds. The second-order valence-corrected chi connectivity index (χ2v) is 11.4. The molecule has 5 rings (SSSR count). The smallest absolute Gasteiger partial charge is 0.232 e. The zero-order valence-corrected chi connectivity index (χ0v) is 19.9. The second-order valence-electron chi connectivity index (χ2n) is 8.61. The molecule has 1 fully saturated rings. The number of hydrogen-bond donors (Lipinski definition) is 0. The van der Waals surface area contributed by atoms with Crippen molar-refractivity contribution in [3.63, 3.8) is 0 Å². The van der Waals surface area contributed by atoms with Gasteiger partial charge in [0.05, 0.1) is 24.2 Å². The summed E-state index contributed by atoms with van der Waals surface area (Å²) in [6, 6.07) is 16.4. The normalized spacial score (nSPS) is 21.6. The van der Waals surface area contributed by atoms with Gasteiger partial charge in [-0.25, -0.2) is 13.4 Å². The molecule has 2 aliphatic heterocycles. The summed E-state index contributed by atoms with van der Waals surface area (Å²) in [5.74, 6) is 0. The third-order valence-electron chi connectivity index (χ3n) is 6.08. The Kier molecular flexibility index (Phi) is 5.79. The number of fused-ring (bicyclic) bond motifs is 1. The minimum absolute atomic E-state index is 0.0265. The lowest BCUT2D eigenvalue weighted by Crippen LogP contribution is -2.37. The first kappa shape index (κ1) is 21.6. The highest BCUT2D eigenvalue weighted by atomic mass is 32.2. The lowest BCUT2D eigenvalue weighted by Gasteiger charge is -2.32. The van der Waals surface area contributed by atoms with Gasteiger partial charge in [0, 0.05) is 36.6 Å². The third kappa shape index (κ3) is 4.32. The summed E-state index contributed by atoms with van der Waals surface area (Å²) in [5, 5.41) is 3.06. The van der Waals surface area contributed by atoms with Crippen molar-refractivity contribution in [3.8, 4) is 11.3 Å². The van der Waals surface area contributed by atoms with E-state index in [-0.39, 0.29) is 12.1 Å². The maximum Gasteiger partial charge on any atom is 0.232 e. The molecule has 1 aromatic heterocycles. The highest BCUT2D eigenvalue weighted by molar-refractivity contribution is 7.92. The molecule has 168 valence electrons. The Morgan fingerprint density at radius 3 is 2.78 bits per heavy atom. The monoisotopic (exact) mass is 469 g/mol. The van der Waals surface area contributed by atoms with Crippen LogP contribution in [-0.2, 0) is 27.7 Å². The van der Waals surface area contributed by atoms with Crippen LogP contribution in [-0.4, -0.2) is 50.3 Å². The summed E-state index contributed by atoms with van der Waals surface area (Å²) in [6.45, 7) is 5.31. The zero-order valence-electron chi connectivity index (χ0n) is 18.3. The topological polar surface area (TPSA) is 62.7 Å². The summed E-state index contributed by atoms with van der Waals surface area (Å²) in [7, 11) is -3.28. The number of benzene rings is 2. The average Bonchev–Trinajstić information content (AvgIpc) is 3.38. The summed E-state index contributed by atoms with van der Waals surface area (Å²) < 4.78 is 31.9. The Labute approximate surface area is 193 Å². The van der Waals surface area contributed by atoms with Crippen molar-refractivity contribution in [2.45, 2.75) is 32.0 Å². The quantitative estimate of drug-likeness (QED) is 0.563. The van der Waals surface area contributed by atoms with Crippen LogP contribution >= 0.6 is 11.3 Å². The van der Waals surface area contributed by atoms with Crippen molar-refractivity contribution < 1.29 is 13.2 Å². The highest BCUT2D eigenvalue weighted by Gasteiger charge is 2.32. The van der Waals surface area contributed by atoms with Crippen molar-refractivity contribution >= 4 is 27.0 Å². The van der Waals surface area contributed by atoms with Crippen molar-refractivity contribution in [2.24, 2.45) is 0 Å². The van der Waals surface area contributed by atoms with E-state index >= 15 is 0 Å². The van der Waals surface area contributed by atoms with E-state index in [2.05, 4.69) is 40.6 Å². The van der Waals surface area contributed by atoms with Gasteiger partial charge < -0.3 is 4.74 Å². The maximum absolute atomic E-state index is 12.2. The van der Waals surface area contributed by atoms with Crippen LogP contribution in [0.3, 0.4) is 0 Å². The maximum atomic E-state index is 12.2. The van der Waals surface area contributed by atoms with E-state index in [1.54, 1.807) is 11.3 Å². The van der Waals surface area contributed by atoms with Crippen LogP contribution in [0.4, 0.5) is 5.69 Å².